The van der Waals surface area contributed by atoms with Gasteiger partial charge in [-0.05, 0) is 18.0 Å². The third kappa shape index (κ3) is 3.78. The molecule has 0 bridgehead atoms. The summed E-state index contributed by atoms with van der Waals surface area (Å²) in [6.07, 6.45) is 1.98. The highest BCUT2D eigenvalue weighted by atomic mass is 32.2. The van der Waals surface area contributed by atoms with E-state index in [4.69, 9.17) is 5.84 Å². The number of anilines is 1. The Balaban J connectivity index is 2.25. The van der Waals surface area contributed by atoms with Gasteiger partial charge in [-0.3, -0.25) is 0 Å². The molecule has 0 saturated carbocycles. The summed E-state index contributed by atoms with van der Waals surface area (Å²) < 4.78 is 1.80. The predicted octanol–water partition coefficient (Wildman–Crippen LogP) is 2.61. The van der Waals surface area contributed by atoms with Gasteiger partial charge in [0.25, 0.3) is 0 Å². The molecule has 0 aliphatic carbocycles. The van der Waals surface area contributed by atoms with Crippen molar-refractivity contribution in [2.24, 2.45) is 5.84 Å². The molecule has 0 saturated heterocycles. The number of hydrazine groups is 1. The molecule has 3 N–H and O–H groups in total. The van der Waals surface area contributed by atoms with Crippen molar-refractivity contribution in [3.05, 3.63) is 11.9 Å². The largest absolute Gasteiger partial charge is 0.308 e. The summed E-state index contributed by atoms with van der Waals surface area (Å²) in [5.74, 6) is 7.03. The van der Waals surface area contributed by atoms with Crippen LogP contribution in [0.3, 0.4) is 0 Å². The molecule has 0 unspecified atom stereocenters. The van der Waals surface area contributed by atoms with Crippen molar-refractivity contribution in [3.8, 4) is 0 Å². The molecule has 0 fully saturated rings. The minimum absolute atomic E-state index is 0.240. The molecule has 19 heavy (non-hydrogen) atoms. The van der Waals surface area contributed by atoms with Gasteiger partial charge in [-0.15, -0.1) is 10.2 Å². The Morgan fingerprint density at radius 3 is 2.58 bits per heavy atom. The fourth-order valence-corrected chi connectivity index (χ4v) is 3.63. The Labute approximate surface area is 124 Å². The molecular weight excluding hydrogens is 300 g/mol. The van der Waals surface area contributed by atoms with Crippen LogP contribution in [0.1, 0.15) is 25.6 Å². The van der Waals surface area contributed by atoms with E-state index in [-0.39, 0.29) is 5.92 Å². The van der Waals surface area contributed by atoms with Crippen molar-refractivity contribution in [1.29, 1.82) is 0 Å². The zero-order chi connectivity index (χ0) is 13.8. The molecule has 0 atom stereocenters. The van der Waals surface area contributed by atoms with Crippen molar-refractivity contribution in [3.63, 3.8) is 0 Å². The van der Waals surface area contributed by atoms with E-state index in [1.165, 1.54) is 11.8 Å². The number of nitrogen functional groups attached to an aromatic ring is 1. The number of aromatic nitrogens is 4. The first-order chi connectivity index (χ1) is 9.12. The Morgan fingerprint density at radius 1 is 1.26 bits per heavy atom. The number of hydrogen-bond acceptors (Lipinski definition) is 9. The van der Waals surface area contributed by atoms with Crippen LogP contribution in [0.2, 0.25) is 0 Å². The van der Waals surface area contributed by atoms with Crippen LogP contribution in [0.15, 0.2) is 19.8 Å². The molecule has 0 aliphatic rings. The van der Waals surface area contributed by atoms with Crippen LogP contribution in [0.25, 0.3) is 0 Å². The number of nitrogens with one attached hydrogen (secondary N) is 1. The van der Waals surface area contributed by atoms with Gasteiger partial charge in [-0.25, -0.2) is 15.8 Å². The lowest BCUT2D eigenvalue weighted by Crippen LogP contribution is -2.11. The van der Waals surface area contributed by atoms with Gasteiger partial charge in [0.1, 0.15) is 16.7 Å². The highest BCUT2D eigenvalue weighted by Crippen LogP contribution is 2.32. The second-order valence-corrected chi connectivity index (χ2v) is 7.19. The van der Waals surface area contributed by atoms with Gasteiger partial charge in [0.15, 0.2) is 8.68 Å². The molecule has 0 aromatic carbocycles. The smallest absolute Gasteiger partial charge is 0.181 e. The van der Waals surface area contributed by atoms with Crippen molar-refractivity contribution in [2.45, 2.75) is 33.5 Å². The summed E-state index contributed by atoms with van der Waals surface area (Å²) in [5, 5.41) is 8.98. The lowest BCUT2D eigenvalue weighted by molar-refractivity contribution is 0.754. The molecule has 102 valence electrons. The van der Waals surface area contributed by atoms with E-state index in [9.17, 15) is 0 Å². The molecule has 0 spiro atoms. The van der Waals surface area contributed by atoms with Crippen LogP contribution in [-0.4, -0.2) is 26.4 Å². The summed E-state index contributed by atoms with van der Waals surface area (Å²) in [7, 11) is 0. The third-order valence-corrected chi connectivity index (χ3v) is 5.01. The molecule has 2 aromatic rings. The number of nitrogens with zero attached hydrogens (tertiary/aromatic N) is 4. The molecule has 2 rings (SSSR count). The lowest BCUT2D eigenvalue weighted by Gasteiger charge is -2.08. The first kappa shape index (κ1) is 14.5. The van der Waals surface area contributed by atoms with E-state index in [0.717, 1.165) is 19.5 Å². The summed E-state index contributed by atoms with van der Waals surface area (Å²) >= 11 is 4.60. The minimum atomic E-state index is 0.240. The van der Waals surface area contributed by atoms with E-state index in [0.29, 0.717) is 5.82 Å². The predicted molar refractivity (Wildman–Crippen MR) is 79.7 cm³/mol. The van der Waals surface area contributed by atoms with Gasteiger partial charge < -0.3 is 5.43 Å². The molecule has 9 heteroatoms. The fourth-order valence-electron chi connectivity index (χ4n) is 1.24. The van der Waals surface area contributed by atoms with Gasteiger partial charge in [0, 0.05) is 12.0 Å². The van der Waals surface area contributed by atoms with Crippen molar-refractivity contribution < 1.29 is 0 Å². The summed E-state index contributed by atoms with van der Waals surface area (Å²) in [4.78, 5) is 8.82. The first-order valence-electron chi connectivity index (χ1n) is 5.53. The van der Waals surface area contributed by atoms with Crippen LogP contribution in [0.4, 0.5) is 5.82 Å². The standard InChI is InChI=1S/C10H14N6S3/c1-5(2)8-12-6(14-11)4-7(13-8)18-10-16-15-9(17-3)19-10/h4-5H,11H2,1-3H3,(H,12,13,14). The van der Waals surface area contributed by atoms with Gasteiger partial charge in [-0.2, -0.15) is 0 Å². The van der Waals surface area contributed by atoms with Gasteiger partial charge >= 0.3 is 0 Å². The molecule has 0 aliphatic heterocycles. The average molecular weight is 314 g/mol. The number of nitrogens with two attached hydrogens (primary N) is 1. The second-order valence-electron chi connectivity index (χ2n) is 3.89. The van der Waals surface area contributed by atoms with Crippen LogP contribution in [-0.2, 0) is 0 Å². The molecule has 0 amide bonds. The lowest BCUT2D eigenvalue weighted by atomic mass is 10.2. The molecular formula is C10H14N6S3. The highest BCUT2D eigenvalue weighted by Gasteiger charge is 2.11. The average Bonchev–Trinajstić information content (AvgIpc) is 2.85. The van der Waals surface area contributed by atoms with Gasteiger partial charge in [-0.1, -0.05) is 36.9 Å². The summed E-state index contributed by atoms with van der Waals surface area (Å²) in [5.41, 5.74) is 2.56. The maximum Gasteiger partial charge on any atom is 0.181 e. The van der Waals surface area contributed by atoms with Gasteiger partial charge in [0.2, 0.25) is 0 Å². The van der Waals surface area contributed by atoms with E-state index >= 15 is 0 Å². The van der Waals surface area contributed by atoms with E-state index in [1.54, 1.807) is 29.2 Å². The van der Waals surface area contributed by atoms with Crippen LogP contribution in [0, 0.1) is 0 Å². The molecule has 2 heterocycles. The Hall–Kier alpha value is -0.900. The number of thioether (sulfide) groups is 1. The van der Waals surface area contributed by atoms with E-state index in [1.807, 2.05) is 20.1 Å². The van der Waals surface area contributed by atoms with Crippen LogP contribution >= 0.6 is 34.9 Å². The second kappa shape index (κ2) is 6.51. The minimum Gasteiger partial charge on any atom is -0.308 e. The van der Waals surface area contributed by atoms with Crippen LogP contribution < -0.4 is 11.3 Å². The Kier molecular flexibility index (Phi) is 4.97. The normalized spacial score (nSPS) is 11.0. The zero-order valence-electron chi connectivity index (χ0n) is 10.7. The van der Waals surface area contributed by atoms with Crippen molar-refractivity contribution in [2.75, 3.05) is 11.7 Å². The molecule has 0 radical (unpaired) electrons. The van der Waals surface area contributed by atoms with Crippen LogP contribution in [0.5, 0.6) is 0 Å². The van der Waals surface area contributed by atoms with Crippen molar-refractivity contribution >= 4 is 40.7 Å². The Bertz CT molecular complexity index is 556. The Morgan fingerprint density at radius 2 is 2.00 bits per heavy atom. The first-order valence-corrected chi connectivity index (χ1v) is 8.39. The molecule has 2 aromatic heterocycles. The zero-order valence-corrected chi connectivity index (χ0v) is 13.2. The molecule has 6 nitrogen and oxygen atoms in total. The monoisotopic (exact) mass is 314 g/mol. The fraction of sp³-hybridized carbons (Fsp3) is 0.400. The number of hydrogen-bond donors (Lipinski definition) is 2. The maximum absolute atomic E-state index is 5.43. The topological polar surface area (TPSA) is 89.6 Å². The van der Waals surface area contributed by atoms with E-state index in [2.05, 4.69) is 25.6 Å². The van der Waals surface area contributed by atoms with E-state index < -0.39 is 0 Å². The maximum atomic E-state index is 5.43. The van der Waals surface area contributed by atoms with Crippen molar-refractivity contribution in [1.82, 2.24) is 20.2 Å². The van der Waals surface area contributed by atoms with Gasteiger partial charge in [0.05, 0.1) is 0 Å². The number of rotatable bonds is 5. The summed E-state index contributed by atoms with van der Waals surface area (Å²) in [6.45, 7) is 4.09. The highest BCUT2D eigenvalue weighted by molar-refractivity contribution is 8.02. The SMILES string of the molecule is CSc1nnc(Sc2cc(NN)nc(C(C)C)n2)s1. The third-order valence-electron chi connectivity index (χ3n) is 2.14. The summed E-state index contributed by atoms with van der Waals surface area (Å²) in [6, 6.07) is 1.80. The quantitative estimate of drug-likeness (QED) is 0.377.